The highest BCUT2D eigenvalue weighted by Crippen LogP contribution is 2.21. The van der Waals surface area contributed by atoms with E-state index in [4.69, 9.17) is 5.73 Å². The van der Waals surface area contributed by atoms with Crippen LogP contribution in [0.15, 0.2) is 29.2 Å². The summed E-state index contributed by atoms with van der Waals surface area (Å²) in [5, 5.41) is 0. The summed E-state index contributed by atoms with van der Waals surface area (Å²) in [6.07, 6.45) is -4.26. The smallest absolute Gasteiger partial charge is 0.326 e. The van der Waals surface area contributed by atoms with Gasteiger partial charge in [-0.15, -0.1) is 0 Å². The molecule has 1 fully saturated rings. The first-order chi connectivity index (χ1) is 10.2. The molecule has 0 radical (unpaired) electrons. The van der Waals surface area contributed by atoms with Crippen molar-refractivity contribution in [2.75, 3.05) is 32.7 Å². The van der Waals surface area contributed by atoms with Gasteiger partial charge in [-0.1, -0.05) is 12.1 Å². The summed E-state index contributed by atoms with van der Waals surface area (Å²) in [4.78, 5) is 1.35. The van der Waals surface area contributed by atoms with Gasteiger partial charge in [-0.05, 0) is 17.7 Å². The van der Waals surface area contributed by atoms with E-state index in [1.165, 1.54) is 21.3 Å². The summed E-state index contributed by atoms with van der Waals surface area (Å²) < 4.78 is 63.1. The number of hydrogen-bond donors (Lipinski definition) is 1. The van der Waals surface area contributed by atoms with Gasteiger partial charge in [-0.25, -0.2) is 8.42 Å². The highest BCUT2D eigenvalue weighted by Gasteiger charge is 2.34. The average molecular weight is 337 g/mol. The Labute approximate surface area is 127 Å². The molecule has 1 heterocycles. The Morgan fingerprint density at radius 3 is 2.05 bits per heavy atom. The molecule has 9 heteroatoms. The van der Waals surface area contributed by atoms with E-state index >= 15 is 0 Å². The van der Waals surface area contributed by atoms with Gasteiger partial charge >= 0.3 is 6.18 Å². The second kappa shape index (κ2) is 6.53. The lowest BCUT2D eigenvalue weighted by Gasteiger charge is -2.34. The van der Waals surface area contributed by atoms with Crippen LogP contribution in [0, 0.1) is 0 Å². The number of nitrogens with two attached hydrogens (primary N) is 1. The molecule has 0 aliphatic carbocycles. The lowest BCUT2D eigenvalue weighted by atomic mass is 10.2. The Kier molecular flexibility index (Phi) is 5.10. The largest absolute Gasteiger partial charge is 0.401 e. The van der Waals surface area contributed by atoms with E-state index in [9.17, 15) is 21.6 Å². The van der Waals surface area contributed by atoms with E-state index in [0.29, 0.717) is 6.54 Å². The molecule has 1 aromatic carbocycles. The zero-order valence-electron chi connectivity index (χ0n) is 11.9. The van der Waals surface area contributed by atoms with Gasteiger partial charge in [0.1, 0.15) is 0 Å². The molecule has 5 nitrogen and oxygen atoms in total. The molecule has 0 spiro atoms. The summed E-state index contributed by atoms with van der Waals surface area (Å²) in [6.45, 7) is -0.449. The number of alkyl halides is 3. The maximum Gasteiger partial charge on any atom is 0.401 e. The summed E-state index contributed by atoms with van der Waals surface area (Å²) in [5.74, 6) is 0. The molecule has 0 unspecified atom stereocenters. The van der Waals surface area contributed by atoms with E-state index in [1.807, 2.05) is 0 Å². The molecule has 1 aromatic rings. The topological polar surface area (TPSA) is 66.6 Å². The molecule has 0 saturated carbocycles. The van der Waals surface area contributed by atoms with Crippen molar-refractivity contribution in [1.82, 2.24) is 9.21 Å². The molecule has 0 bridgehead atoms. The van der Waals surface area contributed by atoms with Crippen molar-refractivity contribution in [3.05, 3.63) is 29.8 Å². The second-order valence-corrected chi connectivity index (χ2v) is 7.08. The van der Waals surface area contributed by atoms with Gasteiger partial charge < -0.3 is 5.73 Å². The predicted octanol–water partition coefficient (Wildman–Crippen LogP) is 1.01. The van der Waals surface area contributed by atoms with Crippen LogP contribution in [0.1, 0.15) is 5.56 Å². The van der Waals surface area contributed by atoms with Gasteiger partial charge in [0.15, 0.2) is 0 Å². The van der Waals surface area contributed by atoms with Gasteiger partial charge in [0, 0.05) is 32.7 Å². The Balaban J connectivity index is 2.02. The zero-order valence-corrected chi connectivity index (χ0v) is 12.7. The summed E-state index contributed by atoms with van der Waals surface area (Å²) in [6, 6.07) is 6.21. The number of nitrogens with zero attached hydrogens (tertiary/aromatic N) is 2. The van der Waals surface area contributed by atoms with Crippen molar-refractivity contribution in [3.63, 3.8) is 0 Å². The summed E-state index contributed by atoms with van der Waals surface area (Å²) in [7, 11) is -3.67. The Hall–Kier alpha value is -1.16. The first-order valence-corrected chi connectivity index (χ1v) is 8.24. The maximum absolute atomic E-state index is 12.4. The van der Waals surface area contributed by atoms with Crippen LogP contribution < -0.4 is 5.73 Å². The Morgan fingerprint density at radius 2 is 1.59 bits per heavy atom. The first kappa shape index (κ1) is 17.2. The second-order valence-electron chi connectivity index (χ2n) is 5.14. The molecule has 1 aliphatic rings. The number of halogens is 3. The zero-order chi connectivity index (χ0) is 16.4. The molecule has 124 valence electrons. The average Bonchev–Trinajstić information content (AvgIpc) is 2.46. The molecule has 0 atom stereocenters. The van der Waals surface area contributed by atoms with Crippen LogP contribution in [0.4, 0.5) is 13.2 Å². The van der Waals surface area contributed by atoms with Gasteiger partial charge in [-0.2, -0.15) is 17.5 Å². The fraction of sp³-hybridized carbons (Fsp3) is 0.538. The maximum atomic E-state index is 12.4. The molecule has 2 N–H and O–H groups in total. The number of benzene rings is 1. The van der Waals surface area contributed by atoms with Gasteiger partial charge in [0.05, 0.1) is 11.4 Å². The molecule has 0 aromatic heterocycles. The SMILES string of the molecule is NCc1ccc(S(=O)(=O)N2CCN(CC(F)(F)F)CC2)cc1. The lowest BCUT2D eigenvalue weighted by Crippen LogP contribution is -2.50. The van der Waals surface area contributed by atoms with Crippen molar-refractivity contribution < 1.29 is 21.6 Å². The van der Waals surface area contributed by atoms with Crippen molar-refractivity contribution in [2.45, 2.75) is 17.6 Å². The number of hydrogen-bond acceptors (Lipinski definition) is 4. The molecule has 1 aliphatic heterocycles. The summed E-state index contributed by atoms with van der Waals surface area (Å²) >= 11 is 0. The lowest BCUT2D eigenvalue weighted by molar-refractivity contribution is -0.148. The van der Waals surface area contributed by atoms with Crippen molar-refractivity contribution in [2.24, 2.45) is 5.73 Å². The molecule has 22 heavy (non-hydrogen) atoms. The minimum absolute atomic E-state index is 0.0526. The minimum atomic E-state index is -4.26. The third-order valence-corrected chi connectivity index (χ3v) is 5.44. The van der Waals surface area contributed by atoms with Gasteiger partial charge in [0.25, 0.3) is 0 Å². The molecule has 0 amide bonds. The van der Waals surface area contributed by atoms with E-state index in [2.05, 4.69) is 0 Å². The predicted molar refractivity (Wildman–Crippen MR) is 75.6 cm³/mol. The molecular formula is C13H18F3N3O2S. The molecule has 1 saturated heterocycles. The fourth-order valence-electron chi connectivity index (χ4n) is 2.33. The van der Waals surface area contributed by atoms with Gasteiger partial charge in [0.2, 0.25) is 10.0 Å². The van der Waals surface area contributed by atoms with Crippen LogP contribution in [0.25, 0.3) is 0 Å². The monoisotopic (exact) mass is 337 g/mol. The van der Waals surface area contributed by atoms with Crippen LogP contribution in [-0.2, 0) is 16.6 Å². The number of rotatable bonds is 4. The third kappa shape index (κ3) is 4.19. The standard InChI is InChI=1S/C13H18F3N3O2S/c14-13(15,16)10-18-5-7-19(8-6-18)22(20,21)12-3-1-11(9-17)2-4-12/h1-4H,5-10,17H2. The van der Waals surface area contributed by atoms with Crippen LogP contribution in [-0.4, -0.2) is 56.5 Å². The summed E-state index contributed by atoms with van der Waals surface area (Å²) in [5.41, 5.74) is 6.27. The number of piperazine rings is 1. The van der Waals surface area contributed by atoms with Gasteiger partial charge in [-0.3, -0.25) is 4.90 Å². The van der Waals surface area contributed by atoms with E-state index in [0.717, 1.165) is 5.56 Å². The fourth-order valence-corrected chi connectivity index (χ4v) is 3.75. The first-order valence-electron chi connectivity index (χ1n) is 6.80. The van der Waals surface area contributed by atoms with Crippen molar-refractivity contribution >= 4 is 10.0 Å². The molecular weight excluding hydrogens is 319 g/mol. The quantitative estimate of drug-likeness (QED) is 0.891. The van der Waals surface area contributed by atoms with Crippen molar-refractivity contribution in [1.29, 1.82) is 0 Å². The molecule has 2 rings (SSSR count). The minimum Gasteiger partial charge on any atom is -0.326 e. The number of sulfonamides is 1. The van der Waals surface area contributed by atoms with E-state index in [1.54, 1.807) is 12.1 Å². The Bertz CT molecular complexity index is 594. The van der Waals surface area contributed by atoms with Crippen LogP contribution >= 0.6 is 0 Å². The van der Waals surface area contributed by atoms with Crippen LogP contribution in [0.5, 0.6) is 0 Å². The van der Waals surface area contributed by atoms with Crippen molar-refractivity contribution in [3.8, 4) is 0 Å². The highest BCUT2D eigenvalue weighted by molar-refractivity contribution is 7.89. The van der Waals surface area contributed by atoms with Crippen LogP contribution in [0.2, 0.25) is 0 Å². The Morgan fingerprint density at radius 1 is 1.05 bits per heavy atom. The normalized spacial score (nSPS) is 18.5. The van der Waals surface area contributed by atoms with Crippen LogP contribution in [0.3, 0.4) is 0 Å². The third-order valence-electron chi connectivity index (χ3n) is 3.53. The van der Waals surface area contributed by atoms with E-state index < -0.39 is 22.7 Å². The highest BCUT2D eigenvalue weighted by atomic mass is 32.2. The van der Waals surface area contributed by atoms with E-state index in [-0.39, 0.29) is 31.1 Å².